The fourth-order valence-electron chi connectivity index (χ4n) is 1.62. The maximum atomic E-state index is 13.6. The van der Waals surface area contributed by atoms with Crippen molar-refractivity contribution in [2.24, 2.45) is 4.99 Å². The average Bonchev–Trinajstić information content (AvgIpc) is 2.40. The van der Waals surface area contributed by atoms with Gasteiger partial charge >= 0.3 is 0 Å². The minimum absolute atomic E-state index is 0.166. The summed E-state index contributed by atoms with van der Waals surface area (Å²) >= 11 is 3.35. The van der Waals surface area contributed by atoms with Crippen LogP contribution in [0, 0.1) is 5.82 Å². The molecule has 0 heterocycles. The SMILES string of the molecule is CCCN=C(NCC)NCCc1cc(Br)ccc1F. The smallest absolute Gasteiger partial charge is 0.191 e. The Morgan fingerprint density at radius 3 is 2.79 bits per heavy atom. The summed E-state index contributed by atoms with van der Waals surface area (Å²) in [4.78, 5) is 4.39. The van der Waals surface area contributed by atoms with Crippen molar-refractivity contribution in [2.45, 2.75) is 26.7 Å². The van der Waals surface area contributed by atoms with E-state index in [1.165, 1.54) is 6.07 Å². The van der Waals surface area contributed by atoms with Gasteiger partial charge in [0.05, 0.1) is 0 Å². The standard InChI is InChI=1S/C14H21BrFN3/c1-3-8-18-14(17-4-2)19-9-7-11-10-12(15)5-6-13(11)16/h5-6,10H,3-4,7-9H2,1-2H3,(H2,17,18,19). The van der Waals surface area contributed by atoms with Gasteiger partial charge in [-0.25, -0.2) is 4.39 Å². The van der Waals surface area contributed by atoms with Gasteiger partial charge in [-0.05, 0) is 43.5 Å². The molecule has 1 rings (SSSR count). The fourth-order valence-corrected chi connectivity index (χ4v) is 2.02. The molecule has 19 heavy (non-hydrogen) atoms. The minimum Gasteiger partial charge on any atom is -0.357 e. The van der Waals surface area contributed by atoms with E-state index in [4.69, 9.17) is 0 Å². The number of hydrogen-bond acceptors (Lipinski definition) is 1. The Hall–Kier alpha value is -1.10. The van der Waals surface area contributed by atoms with Gasteiger partial charge in [0.2, 0.25) is 0 Å². The van der Waals surface area contributed by atoms with E-state index in [9.17, 15) is 4.39 Å². The van der Waals surface area contributed by atoms with Crippen LogP contribution in [0.15, 0.2) is 27.7 Å². The third kappa shape index (κ3) is 6.05. The molecule has 1 aromatic carbocycles. The van der Waals surface area contributed by atoms with Crippen LogP contribution < -0.4 is 10.6 Å². The Morgan fingerprint density at radius 2 is 2.11 bits per heavy atom. The zero-order chi connectivity index (χ0) is 14.1. The van der Waals surface area contributed by atoms with Crippen molar-refractivity contribution in [1.82, 2.24) is 10.6 Å². The maximum Gasteiger partial charge on any atom is 0.191 e. The lowest BCUT2D eigenvalue weighted by molar-refractivity contribution is 0.606. The largest absolute Gasteiger partial charge is 0.357 e. The summed E-state index contributed by atoms with van der Waals surface area (Å²) < 4.78 is 14.4. The number of hydrogen-bond donors (Lipinski definition) is 2. The number of nitrogens with one attached hydrogen (secondary N) is 2. The molecule has 0 spiro atoms. The molecular weight excluding hydrogens is 309 g/mol. The predicted molar refractivity (Wildman–Crippen MR) is 82.1 cm³/mol. The summed E-state index contributed by atoms with van der Waals surface area (Å²) in [5.74, 6) is 0.625. The summed E-state index contributed by atoms with van der Waals surface area (Å²) in [6, 6.07) is 5.00. The third-order valence-corrected chi connectivity index (χ3v) is 3.03. The summed E-state index contributed by atoms with van der Waals surface area (Å²) in [5, 5.41) is 6.37. The molecular formula is C14H21BrFN3. The van der Waals surface area contributed by atoms with Gasteiger partial charge < -0.3 is 10.6 Å². The van der Waals surface area contributed by atoms with Crippen LogP contribution in [-0.2, 0) is 6.42 Å². The van der Waals surface area contributed by atoms with Crippen LogP contribution in [0.5, 0.6) is 0 Å². The molecule has 0 aliphatic carbocycles. The molecule has 0 fully saturated rings. The number of halogens is 2. The molecule has 0 bridgehead atoms. The lowest BCUT2D eigenvalue weighted by Crippen LogP contribution is -2.38. The van der Waals surface area contributed by atoms with Crippen LogP contribution >= 0.6 is 15.9 Å². The Bertz CT molecular complexity index is 421. The van der Waals surface area contributed by atoms with E-state index in [1.54, 1.807) is 6.07 Å². The normalized spacial score (nSPS) is 11.5. The molecule has 0 saturated carbocycles. The van der Waals surface area contributed by atoms with E-state index in [2.05, 4.69) is 38.5 Å². The summed E-state index contributed by atoms with van der Waals surface area (Å²) in [6.07, 6.45) is 1.64. The predicted octanol–water partition coefficient (Wildman–Crippen LogP) is 3.10. The molecule has 2 N–H and O–H groups in total. The third-order valence-electron chi connectivity index (χ3n) is 2.53. The van der Waals surface area contributed by atoms with Gasteiger partial charge in [0.1, 0.15) is 5.82 Å². The number of aliphatic imine (C=N–C) groups is 1. The second-order valence-corrected chi connectivity index (χ2v) is 5.09. The molecule has 0 atom stereocenters. The number of rotatable bonds is 6. The van der Waals surface area contributed by atoms with Gasteiger partial charge in [0.15, 0.2) is 5.96 Å². The molecule has 5 heteroatoms. The highest BCUT2D eigenvalue weighted by Gasteiger charge is 2.03. The number of nitrogens with zero attached hydrogens (tertiary/aromatic N) is 1. The van der Waals surface area contributed by atoms with Crippen LogP contribution in [0.4, 0.5) is 4.39 Å². The highest BCUT2D eigenvalue weighted by atomic mass is 79.9. The molecule has 0 saturated heterocycles. The zero-order valence-corrected chi connectivity index (χ0v) is 13.1. The van der Waals surface area contributed by atoms with Crippen LogP contribution in [0.25, 0.3) is 0 Å². The van der Waals surface area contributed by atoms with Crippen LogP contribution in [0.3, 0.4) is 0 Å². The molecule has 0 aliphatic rings. The van der Waals surface area contributed by atoms with E-state index >= 15 is 0 Å². The number of benzene rings is 1. The van der Waals surface area contributed by atoms with Crippen molar-refractivity contribution in [2.75, 3.05) is 19.6 Å². The lowest BCUT2D eigenvalue weighted by atomic mass is 10.1. The first-order chi connectivity index (χ1) is 9.17. The lowest BCUT2D eigenvalue weighted by Gasteiger charge is -2.11. The van der Waals surface area contributed by atoms with Gasteiger partial charge in [-0.2, -0.15) is 0 Å². The van der Waals surface area contributed by atoms with Crippen LogP contribution in [0.1, 0.15) is 25.8 Å². The molecule has 0 unspecified atom stereocenters. The number of guanidine groups is 1. The molecule has 0 amide bonds. The van der Waals surface area contributed by atoms with E-state index < -0.39 is 0 Å². The minimum atomic E-state index is -0.166. The quantitative estimate of drug-likeness (QED) is 0.621. The first-order valence-corrected chi connectivity index (χ1v) is 7.42. The summed E-state index contributed by atoms with van der Waals surface area (Å²) in [6.45, 7) is 6.38. The molecule has 3 nitrogen and oxygen atoms in total. The van der Waals surface area contributed by atoms with Gasteiger partial charge in [0.25, 0.3) is 0 Å². The summed E-state index contributed by atoms with van der Waals surface area (Å²) in [5.41, 5.74) is 0.702. The maximum absolute atomic E-state index is 13.6. The van der Waals surface area contributed by atoms with Gasteiger partial charge in [-0.3, -0.25) is 4.99 Å². The van der Waals surface area contributed by atoms with Gasteiger partial charge in [0, 0.05) is 24.1 Å². The monoisotopic (exact) mass is 329 g/mol. The van der Waals surface area contributed by atoms with Crippen molar-refractivity contribution in [3.63, 3.8) is 0 Å². The highest BCUT2D eigenvalue weighted by Crippen LogP contribution is 2.15. The van der Waals surface area contributed by atoms with E-state index in [0.717, 1.165) is 29.9 Å². The molecule has 1 aromatic rings. The van der Waals surface area contributed by atoms with E-state index in [-0.39, 0.29) is 5.82 Å². The fraction of sp³-hybridized carbons (Fsp3) is 0.500. The Kier molecular flexibility index (Phi) is 7.48. The van der Waals surface area contributed by atoms with Crippen molar-refractivity contribution >= 4 is 21.9 Å². The first-order valence-electron chi connectivity index (χ1n) is 6.63. The van der Waals surface area contributed by atoms with Crippen molar-refractivity contribution in [3.05, 3.63) is 34.1 Å². The molecule has 0 aliphatic heterocycles. The molecule has 0 aromatic heterocycles. The van der Waals surface area contributed by atoms with Crippen LogP contribution in [0.2, 0.25) is 0 Å². The van der Waals surface area contributed by atoms with Crippen molar-refractivity contribution < 1.29 is 4.39 Å². The Labute approximate surface area is 122 Å². The Morgan fingerprint density at radius 1 is 1.32 bits per heavy atom. The first kappa shape index (κ1) is 16.0. The Balaban J connectivity index is 2.49. The highest BCUT2D eigenvalue weighted by molar-refractivity contribution is 9.10. The second kappa shape index (κ2) is 8.91. The van der Waals surface area contributed by atoms with Crippen LogP contribution in [-0.4, -0.2) is 25.6 Å². The van der Waals surface area contributed by atoms with Gasteiger partial charge in [-0.1, -0.05) is 22.9 Å². The summed E-state index contributed by atoms with van der Waals surface area (Å²) in [7, 11) is 0. The van der Waals surface area contributed by atoms with E-state index in [0.29, 0.717) is 18.5 Å². The van der Waals surface area contributed by atoms with Crippen molar-refractivity contribution in [1.29, 1.82) is 0 Å². The molecule has 0 radical (unpaired) electrons. The second-order valence-electron chi connectivity index (χ2n) is 4.17. The van der Waals surface area contributed by atoms with E-state index in [1.807, 2.05) is 13.0 Å². The molecule has 106 valence electrons. The van der Waals surface area contributed by atoms with Crippen molar-refractivity contribution in [3.8, 4) is 0 Å². The average molecular weight is 330 g/mol. The topological polar surface area (TPSA) is 36.4 Å². The van der Waals surface area contributed by atoms with Gasteiger partial charge in [-0.15, -0.1) is 0 Å². The zero-order valence-electron chi connectivity index (χ0n) is 11.5.